The molecule has 3 rings (SSSR count). The van der Waals surface area contributed by atoms with Crippen molar-refractivity contribution in [3.05, 3.63) is 71.1 Å². The van der Waals surface area contributed by atoms with E-state index in [1.54, 1.807) is 29.7 Å². The van der Waals surface area contributed by atoms with E-state index in [2.05, 4.69) is 9.71 Å². The minimum Gasteiger partial charge on any atom is -0.469 e. The molecule has 0 aliphatic rings. The number of aromatic nitrogens is 1. The third-order valence-corrected chi connectivity index (χ3v) is 5.59. The van der Waals surface area contributed by atoms with Crippen LogP contribution in [0.1, 0.15) is 16.6 Å². The zero-order valence-corrected chi connectivity index (χ0v) is 13.2. The van der Waals surface area contributed by atoms with E-state index in [4.69, 9.17) is 4.42 Å². The van der Waals surface area contributed by atoms with Gasteiger partial charge in [0.15, 0.2) is 0 Å². The Labute approximate surface area is 132 Å². The summed E-state index contributed by atoms with van der Waals surface area (Å²) in [6.07, 6.45) is 4.46. The molecular weight excluding hydrogens is 320 g/mol. The highest BCUT2D eigenvalue weighted by molar-refractivity contribution is 7.89. The van der Waals surface area contributed by atoms with E-state index in [0.29, 0.717) is 0 Å². The lowest BCUT2D eigenvalue weighted by molar-refractivity contribution is 0.483. The molecule has 0 aliphatic carbocycles. The van der Waals surface area contributed by atoms with Crippen molar-refractivity contribution < 1.29 is 12.8 Å². The Morgan fingerprint density at radius 3 is 2.77 bits per heavy atom. The van der Waals surface area contributed by atoms with Gasteiger partial charge in [0, 0.05) is 23.8 Å². The maximum absolute atomic E-state index is 12.3. The third-order valence-electron chi connectivity index (χ3n) is 3.20. The molecule has 0 spiro atoms. The van der Waals surface area contributed by atoms with Crippen LogP contribution in [0.25, 0.3) is 0 Å². The first-order valence-corrected chi connectivity index (χ1v) is 8.99. The van der Waals surface area contributed by atoms with Gasteiger partial charge in [-0.3, -0.25) is 4.98 Å². The summed E-state index contributed by atoms with van der Waals surface area (Å²) in [6.45, 7) is 0.227. The predicted molar refractivity (Wildman–Crippen MR) is 84.3 cm³/mol. The highest BCUT2D eigenvalue weighted by atomic mass is 32.2. The van der Waals surface area contributed by atoms with Crippen molar-refractivity contribution in [2.24, 2.45) is 0 Å². The molecule has 0 aliphatic heterocycles. The van der Waals surface area contributed by atoms with Gasteiger partial charge >= 0.3 is 0 Å². The standard InChI is InChI=1S/C15H14N2O3S2/c18-22(19,12-4-1-7-16-10-12)17-11-13(14-5-2-8-20-14)15-6-3-9-21-15/h1-10,13,17H,11H2/t13-/m1/s1. The number of hydrogen-bond donors (Lipinski definition) is 1. The smallest absolute Gasteiger partial charge is 0.242 e. The molecule has 0 aromatic carbocycles. The number of rotatable bonds is 6. The van der Waals surface area contributed by atoms with E-state index < -0.39 is 10.0 Å². The van der Waals surface area contributed by atoms with Crippen molar-refractivity contribution >= 4 is 21.4 Å². The first-order chi connectivity index (χ1) is 10.7. The van der Waals surface area contributed by atoms with Crippen LogP contribution in [0.5, 0.6) is 0 Å². The van der Waals surface area contributed by atoms with Crippen LogP contribution in [0.4, 0.5) is 0 Å². The Morgan fingerprint density at radius 2 is 2.14 bits per heavy atom. The Balaban J connectivity index is 1.81. The van der Waals surface area contributed by atoms with Crippen LogP contribution in [-0.4, -0.2) is 19.9 Å². The molecule has 3 aromatic heterocycles. The molecule has 1 atom stereocenters. The molecule has 22 heavy (non-hydrogen) atoms. The molecule has 3 heterocycles. The fourth-order valence-electron chi connectivity index (χ4n) is 2.10. The Bertz CT molecular complexity index is 764. The minimum atomic E-state index is -3.59. The zero-order valence-electron chi connectivity index (χ0n) is 11.5. The van der Waals surface area contributed by atoms with Gasteiger partial charge in [0.2, 0.25) is 10.0 Å². The van der Waals surface area contributed by atoms with E-state index in [0.717, 1.165) is 10.6 Å². The molecule has 0 bridgehead atoms. The molecular formula is C15H14N2O3S2. The van der Waals surface area contributed by atoms with Crippen molar-refractivity contribution in [3.63, 3.8) is 0 Å². The number of nitrogens with zero attached hydrogens (tertiary/aromatic N) is 1. The van der Waals surface area contributed by atoms with Crippen molar-refractivity contribution in [2.45, 2.75) is 10.8 Å². The highest BCUT2D eigenvalue weighted by Crippen LogP contribution is 2.28. The van der Waals surface area contributed by atoms with Gasteiger partial charge < -0.3 is 4.42 Å². The maximum Gasteiger partial charge on any atom is 0.242 e. The number of sulfonamides is 1. The van der Waals surface area contributed by atoms with Crippen molar-refractivity contribution in [1.82, 2.24) is 9.71 Å². The molecule has 0 saturated heterocycles. The lowest BCUT2D eigenvalue weighted by Gasteiger charge is -2.14. The molecule has 0 saturated carbocycles. The Hall–Kier alpha value is -1.96. The summed E-state index contributed by atoms with van der Waals surface area (Å²) in [7, 11) is -3.59. The quantitative estimate of drug-likeness (QED) is 0.752. The van der Waals surface area contributed by atoms with Crippen LogP contribution in [0, 0.1) is 0 Å². The molecule has 0 radical (unpaired) electrons. The fourth-order valence-corrected chi connectivity index (χ4v) is 3.95. The second kappa shape index (κ2) is 6.43. The molecule has 0 unspecified atom stereocenters. The molecule has 114 valence electrons. The van der Waals surface area contributed by atoms with Crippen molar-refractivity contribution in [3.8, 4) is 0 Å². The summed E-state index contributed by atoms with van der Waals surface area (Å²) in [5.41, 5.74) is 0. The summed E-state index contributed by atoms with van der Waals surface area (Å²) in [5, 5.41) is 1.96. The summed E-state index contributed by atoms with van der Waals surface area (Å²) in [6, 6.07) is 10.7. The summed E-state index contributed by atoms with van der Waals surface area (Å²) < 4.78 is 32.7. The molecule has 7 heteroatoms. The van der Waals surface area contributed by atoms with Crippen LogP contribution >= 0.6 is 11.3 Å². The second-order valence-electron chi connectivity index (χ2n) is 4.62. The van der Waals surface area contributed by atoms with Gasteiger partial charge in [0.05, 0.1) is 12.2 Å². The average Bonchev–Trinajstić information content (AvgIpc) is 3.22. The maximum atomic E-state index is 12.3. The fraction of sp³-hybridized carbons (Fsp3) is 0.133. The minimum absolute atomic E-state index is 0.151. The highest BCUT2D eigenvalue weighted by Gasteiger charge is 2.22. The summed E-state index contributed by atoms with van der Waals surface area (Å²) in [4.78, 5) is 5.04. The van der Waals surface area contributed by atoms with E-state index in [1.807, 2.05) is 23.6 Å². The third kappa shape index (κ3) is 3.27. The van der Waals surface area contributed by atoms with Gasteiger partial charge in [-0.25, -0.2) is 13.1 Å². The number of thiophene rings is 1. The van der Waals surface area contributed by atoms with Crippen LogP contribution in [0.15, 0.2) is 69.7 Å². The van der Waals surface area contributed by atoms with Crippen molar-refractivity contribution in [1.29, 1.82) is 0 Å². The van der Waals surface area contributed by atoms with Gasteiger partial charge in [0.25, 0.3) is 0 Å². The van der Waals surface area contributed by atoms with Gasteiger partial charge in [-0.05, 0) is 35.7 Å². The monoisotopic (exact) mass is 334 g/mol. The topological polar surface area (TPSA) is 72.2 Å². The molecule has 3 aromatic rings. The lowest BCUT2D eigenvalue weighted by Crippen LogP contribution is -2.28. The van der Waals surface area contributed by atoms with Crippen molar-refractivity contribution in [2.75, 3.05) is 6.54 Å². The molecule has 0 amide bonds. The van der Waals surface area contributed by atoms with Crippen LogP contribution < -0.4 is 4.72 Å². The first kappa shape index (κ1) is 15.0. The normalized spacial score (nSPS) is 13.1. The van der Waals surface area contributed by atoms with E-state index in [-0.39, 0.29) is 17.4 Å². The largest absolute Gasteiger partial charge is 0.469 e. The second-order valence-corrected chi connectivity index (χ2v) is 7.37. The molecule has 0 fully saturated rings. The van der Waals surface area contributed by atoms with Gasteiger partial charge in [-0.2, -0.15) is 0 Å². The van der Waals surface area contributed by atoms with E-state index in [1.165, 1.54) is 18.5 Å². The predicted octanol–water partition coefficient (Wildman–Crippen LogP) is 2.85. The summed E-state index contributed by atoms with van der Waals surface area (Å²) in [5.74, 6) is 0.581. The van der Waals surface area contributed by atoms with Gasteiger partial charge in [0.1, 0.15) is 10.7 Å². The van der Waals surface area contributed by atoms with Gasteiger partial charge in [-0.1, -0.05) is 6.07 Å². The number of nitrogens with one attached hydrogen (secondary N) is 1. The van der Waals surface area contributed by atoms with Crippen LogP contribution in [-0.2, 0) is 10.0 Å². The number of hydrogen-bond acceptors (Lipinski definition) is 5. The first-order valence-electron chi connectivity index (χ1n) is 6.63. The van der Waals surface area contributed by atoms with Crippen LogP contribution in [0.3, 0.4) is 0 Å². The number of pyridine rings is 1. The lowest BCUT2D eigenvalue weighted by atomic mass is 10.1. The van der Waals surface area contributed by atoms with Gasteiger partial charge in [-0.15, -0.1) is 11.3 Å². The SMILES string of the molecule is O=S(=O)(NC[C@H](c1ccco1)c1cccs1)c1cccnc1. The molecule has 5 nitrogen and oxygen atoms in total. The Kier molecular flexibility index (Phi) is 4.37. The van der Waals surface area contributed by atoms with E-state index in [9.17, 15) is 8.42 Å². The average molecular weight is 334 g/mol. The molecule has 1 N–H and O–H groups in total. The zero-order chi connectivity index (χ0) is 15.4. The van der Waals surface area contributed by atoms with Crippen LogP contribution in [0.2, 0.25) is 0 Å². The van der Waals surface area contributed by atoms with E-state index >= 15 is 0 Å². The number of furan rings is 1. The Morgan fingerprint density at radius 1 is 1.23 bits per heavy atom. The summed E-state index contributed by atoms with van der Waals surface area (Å²) >= 11 is 1.57.